The van der Waals surface area contributed by atoms with E-state index in [1.165, 1.54) is 12.0 Å². The second-order valence-electron chi connectivity index (χ2n) is 10.5. The second-order valence-corrected chi connectivity index (χ2v) is 10.5. The third kappa shape index (κ3) is 3.65. The third-order valence-electron chi connectivity index (χ3n) is 8.47. The van der Waals surface area contributed by atoms with Crippen molar-refractivity contribution in [1.82, 2.24) is 5.32 Å². The van der Waals surface area contributed by atoms with E-state index in [1.54, 1.807) is 73.5 Å². The lowest BCUT2D eigenvalue weighted by Crippen LogP contribution is -2.69. The number of nitrogens with zero attached hydrogens (tertiary/aromatic N) is 2. The Labute approximate surface area is 231 Å². The van der Waals surface area contributed by atoms with Crippen molar-refractivity contribution in [2.45, 2.75) is 30.5 Å². The van der Waals surface area contributed by atoms with Crippen LogP contribution in [-0.4, -0.2) is 55.5 Å². The number of nitrogens with one attached hydrogen (secondary N) is 1. The lowest BCUT2D eigenvalue weighted by Gasteiger charge is -2.51. The fourth-order valence-corrected chi connectivity index (χ4v) is 6.63. The van der Waals surface area contributed by atoms with Gasteiger partial charge >= 0.3 is 5.97 Å². The van der Waals surface area contributed by atoms with Crippen molar-refractivity contribution in [2.75, 3.05) is 24.0 Å². The summed E-state index contributed by atoms with van der Waals surface area (Å²) in [5, 5.41) is 3.34. The van der Waals surface area contributed by atoms with Gasteiger partial charge in [-0.05, 0) is 48.9 Å². The van der Waals surface area contributed by atoms with E-state index in [4.69, 9.17) is 9.47 Å². The van der Waals surface area contributed by atoms with Crippen LogP contribution >= 0.6 is 0 Å². The summed E-state index contributed by atoms with van der Waals surface area (Å²) in [6, 6.07) is 23.9. The number of hydrogen-bond donors (Lipinski definition) is 1. The molecule has 3 aliphatic heterocycles. The SMILES string of the molecule is COC(=O)[C@]1(C)N[C@H]([C@H]2[C@@H](c3ccccc3)C(=O)N2c2ccc(OC)cc2)[C@@H]2C(=O)N(c3ccccc3)C(=O)[C@@H]21. The van der Waals surface area contributed by atoms with Gasteiger partial charge in [-0.25, -0.2) is 4.90 Å². The van der Waals surface area contributed by atoms with Crippen LogP contribution in [0, 0.1) is 11.8 Å². The van der Waals surface area contributed by atoms with E-state index in [0.29, 0.717) is 17.1 Å². The van der Waals surface area contributed by atoms with Crippen LogP contribution in [0.15, 0.2) is 84.9 Å². The minimum absolute atomic E-state index is 0.136. The van der Waals surface area contributed by atoms with Crippen molar-refractivity contribution in [3.63, 3.8) is 0 Å². The van der Waals surface area contributed by atoms with Crippen LogP contribution in [0.25, 0.3) is 0 Å². The summed E-state index contributed by atoms with van der Waals surface area (Å²) in [6.07, 6.45) is 0. The van der Waals surface area contributed by atoms with Crippen molar-refractivity contribution in [1.29, 1.82) is 0 Å². The van der Waals surface area contributed by atoms with Gasteiger partial charge in [0.05, 0.1) is 43.7 Å². The summed E-state index contributed by atoms with van der Waals surface area (Å²) in [6.45, 7) is 1.60. The first-order chi connectivity index (χ1) is 19.3. The van der Waals surface area contributed by atoms with Gasteiger partial charge in [0.15, 0.2) is 0 Å². The lowest BCUT2D eigenvalue weighted by molar-refractivity contribution is -0.151. The number of imide groups is 1. The summed E-state index contributed by atoms with van der Waals surface area (Å²) in [5.41, 5.74) is 0.383. The number of fused-ring (bicyclic) bond motifs is 1. The predicted molar refractivity (Wildman–Crippen MR) is 147 cm³/mol. The molecule has 6 rings (SSSR count). The summed E-state index contributed by atoms with van der Waals surface area (Å²) in [4.78, 5) is 57.8. The number of benzene rings is 3. The molecule has 1 N–H and O–H groups in total. The third-order valence-corrected chi connectivity index (χ3v) is 8.47. The Bertz CT molecular complexity index is 1480. The van der Waals surface area contributed by atoms with Gasteiger partial charge in [-0.2, -0.15) is 0 Å². The van der Waals surface area contributed by atoms with Gasteiger partial charge in [-0.15, -0.1) is 0 Å². The molecule has 3 aromatic rings. The van der Waals surface area contributed by atoms with Gasteiger partial charge in [0.2, 0.25) is 17.7 Å². The molecular formula is C31H29N3O6. The van der Waals surface area contributed by atoms with Crippen LogP contribution in [0.1, 0.15) is 18.4 Å². The molecule has 3 aromatic carbocycles. The average Bonchev–Trinajstić information content (AvgIpc) is 3.44. The number of rotatable bonds is 6. The van der Waals surface area contributed by atoms with Gasteiger partial charge < -0.3 is 14.4 Å². The molecule has 0 unspecified atom stereocenters. The maximum absolute atomic E-state index is 14.1. The van der Waals surface area contributed by atoms with E-state index in [9.17, 15) is 19.2 Å². The van der Waals surface area contributed by atoms with E-state index in [1.807, 2.05) is 30.3 Å². The van der Waals surface area contributed by atoms with Crippen LogP contribution in [0.4, 0.5) is 11.4 Å². The van der Waals surface area contributed by atoms with Crippen LogP contribution in [0.2, 0.25) is 0 Å². The monoisotopic (exact) mass is 539 g/mol. The Morgan fingerprint density at radius 2 is 1.43 bits per heavy atom. The molecule has 40 heavy (non-hydrogen) atoms. The molecule has 0 saturated carbocycles. The number of ether oxygens (including phenoxy) is 2. The van der Waals surface area contributed by atoms with E-state index in [-0.39, 0.29) is 5.91 Å². The Kier molecular flexibility index (Phi) is 6.18. The summed E-state index contributed by atoms with van der Waals surface area (Å²) >= 11 is 0. The number of carbonyl (C=O) groups is 4. The first-order valence-electron chi connectivity index (χ1n) is 13.1. The zero-order valence-corrected chi connectivity index (χ0v) is 22.3. The minimum atomic E-state index is -1.48. The van der Waals surface area contributed by atoms with Crippen LogP contribution in [0.5, 0.6) is 5.75 Å². The van der Waals surface area contributed by atoms with Crippen molar-refractivity contribution >= 4 is 35.1 Å². The van der Waals surface area contributed by atoms with E-state index >= 15 is 0 Å². The Morgan fingerprint density at radius 1 is 0.800 bits per heavy atom. The molecule has 3 amide bonds. The maximum atomic E-state index is 14.1. The van der Waals surface area contributed by atoms with Crippen molar-refractivity contribution in [2.24, 2.45) is 11.8 Å². The topological polar surface area (TPSA) is 105 Å². The lowest BCUT2D eigenvalue weighted by atomic mass is 9.72. The predicted octanol–water partition coefficient (Wildman–Crippen LogP) is 2.90. The quantitative estimate of drug-likeness (QED) is 0.292. The molecule has 3 aliphatic rings. The zero-order chi connectivity index (χ0) is 28.2. The highest BCUT2D eigenvalue weighted by molar-refractivity contribution is 6.24. The highest BCUT2D eigenvalue weighted by atomic mass is 16.5. The van der Waals surface area contributed by atoms with Crippen molar-refractivity contribution in [3.05, 3.63) is 90.5 Å². The van der Waals surface area contributed by atoms with Crippen molar-refractivity contribution < 1.29 is 28.7 Å². The highest BCUT2D eigenvalue weighted by Gasteiger charge is 2.71. The van der Waals surface area contributed by atoms with Crippen LogP contribution in [0.3, 0.4) is 0 Å². The Hall–Kier alpha value is -4.50. The summed E-state index contributed by atoms with van der Waals surface area (Å²) in [5.74, 6) is -3.52. The Balaban J connectivity index is 1.48. The number of β-lactam (4-membered cyclic amide) rings is 1. The smallest absolute Gasteiger partial charge is 0.326 e. The van der Waals surface area contributed by atoms with Gasteiger partial charge in [-0.1, -0.05) is 48.5 Å². The molecular weight excluding hydrogens is 510 g/mol. The summed E-state index contributed by atoms with van der Waals surface area (Å²) < 4.78 is 10.4. The maximum Gasteiger partial charge on any atom is 0.326 e. The van der Waals surface area contributed by atoms with Gasteiger partial charge in [0.25, 0.3) is 0 Å². The van der Waals surface area contributed by atoms with E-state index < -0.39 is 53.2 Å². The highest BCUT2D eigenvalue weighted by Crippen LogP contribution is 2.51. The molecule has 3 fully saturated rings. The standard InChI is InChI=1S/C31H29N3O6/c1-31(30(38)40-3)24-23(28(36)34(29(24)37)19-12-8-5-9-13-19)25(32-31)26-22(18-10-6-4-7-11-18)27(35)33(26)20-14-16-21(39-2)17-15-20/h4-17,22-26,32H,1-3H3/t22-,23-,24-,25+,26-,31-/m1/s1. The average molecular weight is 540 g/mol. The van der Waals surface area contributed by atoms with Gasteiger partial charge in [0, 0.05) is 11.7 Å². The van der Waals surface area contributed by atoms with Gasteiger partial charge in [-0.3, -0.25) is 24.5 Å². The number of hydrogen-bond acceptors (Lipinski definition) is 7. The fourth-order valence-electron chi connectivity index (χ4n) is 6.63. The molecule has 0 spiro atoms. The van der Waals surface area contributed by atoms with Crippen LogP contribution < -0.4 is 19.9 Å². The number of para-hydroxylation sites is 1. The number of methoxy groups -OCH3 is 2. The first kappa shape index (κ1) is 25.8. The molecule has 9 heteroatoms. The largest absolute Gasteiger partial charge is 0.497 e. The molecule has 6 atom stereocenters. The molecule has 0 radical (unpaired) electrons. The fraction of sp³-hybridized carbons (Fsp3) is 0.290. The molecule has 0 aliphatic carbocycles. The minimum Gasteiger partial charge on any atom is -0.497 e. The molecule has 3 saturated heterocycles. The number of carbonyl (C=O) groups excluding carboxylic acids is 4. The van der Waals surface area contributed by atoms with Crippen molar-refractivity contribution in [3.8, 4) is 5.75 Å². The normalized spacial score (nSPS) is 29.3. The second kappa shape index (κ2) is 9.60. The molecule has 3 heterocycles. The Morgan fingerprint density at radius 3 is 2.02 bits per heavy atom. The van der Waals surface area contributed by atoms with E-state index in [0.717, 1.165) is 5.56 Å². The molecule has 9 nitrogen and oxygen atoms in total. The number of esters is 1. The van der Waals surface area contributed by atoms with E-state index in [2.05, 4.69) is 5.32 Å². The first-order valence-corrected chi connectivity index (χ1v) is 13.1. The number of anilines is 2. The molecule has 0 bridgehead atoms. The van der Waals surface area contributed by atoms with Gasteiger partial charge in [0.1, 0.15) is 11.3 Å². The summed E-state index contributed by atoms with van der Waals surface area (Å²) in [7, 11) is 2.83. The molecule has 0 aromatic heterocycles. The van der Waals surface area contributed by atoms with Crippen LogP contribution in [-0.2, 0) is 23.9 Å². The zero-order valence-electron chi connectivity index (χ0n) is 22.3. The number of amides is 3. The molecule has 204 valence electrons.